The highest BCUT2D eigenvalue weighted by molar-refractivity contribution is 6.33. The lowest BCUT2D eigenvalue weighted by Gasteiger charge is -2.14. The molecule has 106 valence electrons. The van der Waals surface area contributed by atoms with Crippen molar-refractivity contribution in [2.45, 2.75) is 13.5 Å². The summed E-state index contributed by atoms with van der Waals surface area (Å²) in [6.07, 6.45) is 0. The summed E-state index contributed by atoms with van der Waals surface area (Å²) in [5.74, 6) is 0.904. The van der Waals surface area contributed by atoms with Crippen molar-refractivity contribution in [1.82, 2.24) is 15.0 Å². The molecule has 1 heterocycles. The molecular formula is C13H15ClN4O2. The van der Waals surface area contributed by atoms with Gasteiger partial charge in [-0.05, 0) is 26.1 Å². The first-order valence-corrected chi connectivity index (χ1v) is 6.44. The number of hydrogen-bond donors (Lipinski definition) is 1. The molecule has 20 heavy (non-hydrogen) atoms. The van der Waals surface area contributed by atoms with Crippen LogP contribution in [-0.4, -0.2) is 34.5 Å². The third-order valence-corrected chi connectivity index (χ3v) is 2.87. The summed E-state index contributed by atoms with van der Waals surface area (Å²) in [5.41, 5.74) is 0.598. The Morgan fingerprint density at radius 2 is 2.20 bits per heavy atom. The first kappa shape index (κ1) is 14.5. The molecule has 0 bridgehead atoms. The van der Waals surface area contributed by atoms with Crippen LogP contribution in [0.15, 0.2) is 28.8 Å². The lowest BCUT2D eigenvalue weighted by atomic mass is 10.3. The van der Waals surface area contributed by atoms with Crippen LogP contribution in [0.25, 0.3) is 0 Å². The molecule has 0 fully saturated rings. The number of carbonyl (C=O) groups is 1. The molecule has 1 aromatic carbocycles. The minimum Gasteiger partial charge on any atom is -0.338 e. The monoisotopic (exact) mass is 294 g/mol. The summed E-state index contributed by atoms with van der Waals surface area (Å²) in [6, 6.07) is 7.10. The Hall–Kier alpha value is -1.92. The number of amides is 1. The standard InChI is InChI=1S/C13H15ClN4O2/c1-9-15-13(20-17-9)8-18(2)7-12(19)16-11-6-4-3-5-10(11)14/h3-6H,7-8H2,1-2H3,(H,16,19). The van der Waals surface area contributed by atoms with Crippen molar-refractivity contribution in [2.75, 3.05) is 18.9 Å². The van der Waals surface area contributed by atoms with E-state index >= 15 is 0 Å². The van der Waals surface area contributed by atoms with Gasteiger partial charge in [0.25, 0.3) is 0 Å². The van der Waals surface area contributed by atoms with Gasteiger partial charge in [-0.25, -0.2) is 0 Å². The van der Waals surface area contributed by atoms with Gasteiger partial charge in [0, 0.05) is 0 Å². The quantitative estimate of drug-likeness (QED) is 0.914. The fraction of sp³-hybridized carbons (Fsp3) is 0.308. The molecule has 2 rings (SSSR count). The smallest absolute Gasteiger partial charge is 0.240 e. The summed E-state index contributed by atoms with van der Waals surface area (Å²) in [4.78, 5) is 17.8. The first-order valence-electron chi connectivity index (χ1n) is 6.06. The molecule has 2 aromatic rings. The number of carbonyl (C=O) groups excluding carboxylic acids is 1. The zero-order chi connectivity index (χ0) is 14.5. The summed E-state index contributed by atoms with van der Waals surface area (Å²) in [5, 5.41) is 6.96. The van der Waals surface area contributed by atoms with Gasteiger partial charge in [0.2, 0.25) is 11.8 Å². The van der Waals surface area contributed by atoms with Crippen molar-refractivity contribution in [1.29, 1.82) is 0 Å². The zero-order valence-corrected chi connectivity index (χ0v) is 12.0. The number of anilines is 1. The van der Waals surface area contributed by atoms with Crippen LogP contribution in [0.1, 0.15) is 11.7 Å². The Bertz CT molecular complexity index is 600. The highest BCUT2D eigenvalue weighted by atomic mass is 35.5. The predicted octanol–water partition coefficient (Wildman–Crippen LogP) is 2.10. The third kappa shape index (κ3) is 4.04. The molecule has 7 heteroatoms. The van der Waals surface area contributed by atoms with E-state index in [9.17, 15) is 4.79 Å². The summed E-state index contributed by atoms with van der Waals surface area (Å²) < 4.78 is 5.00. The summed E-state index contributed by atoms with van der Waals surface area (Å²) in [6.45, 7) is 2.36. The number of halogens is 1. The highest BCUT2D eigenvalue weighted by Gasteiger charge is 2.11. The van der Waals surface area contributed by atoms with Crippen LogP contribution in [0.5, 0.6) is 0 Å². The van der Waals surface area contributed by atoms with E-state index in [1.807, 2.05) is 12.1 Å². The van der Waals surface area contributed by atoms with E-state index in [4.69, 9.17) is 16.1 Å². The van der Waals surface area contributed by atoms with E-state index in [0.717, 1.165) is 0 Å². The number of nitrogens with one attached hydrogen (secondary N) is 1. The maximum absolute atomic E-state index is 11.9. The van der Waals surface area contributed by atoms with Gasteiger partial charge < -0.3 is 9.84 Å². The number of benzene rings is 1. The SMILES string of the molecule is Cc1noc(CN(C)CC(=O)Nc2ccccc2Cl)n1. The van der Waals surface area contributed by atoms with Crippen molar-refractivity contribution in [2.24, 2.45) is 0 Å². The molecule has 0 spiro atoms. The first-order chi connectivity index (χ1) is 9.54. The number of likely N-dealkylation sites (N-methyl/N-ethyl adjacent to an activating group) is 1. The van der Waals surface area contributed by atoms with Gasteiger partial charge in [0.1, 0.15) is 0 Å². The lowest BCUT2D eigenvalue weighted by Crippen LogP contribution is -2.30. The molecule has 6 nitrogen and oxygen atoms in total. The van der Waals surface area contributed by atoms with Gasteiger partial charge in [-0.3, -0.25) is 9.69 Å². The molecule has 0 aliphatic heterocycles. The topological polar surface area (TPSA) is 71.3 Å². The molecule has 1 N–H and O–H groups in total. The molecule has 0 atom stereocenters. The van der Waals surface area contributed by atoms with Crippen LogP contribution < -0.4 is 5.32 Å². The third-order valence-electron chi connectivity index (χ3n) is 2.54. The molecule has 0 radical (unpaired) electrons. The highest BCUT2D eigenvalue weighted by Crippen LogP contribution is 2.20. The van der Waals surface area contributed by atoms with Gasteiger partial charge in [-0.15, -0.1) is 0 Å². The fourth-order valence-electron chi connectivity index (χ4n) is 1.69. The van der Waals surface area contributed by atoms with Gasteiger partial charge in [-0.2, -0.15) is 4.98 Å². The van der Waals surface area contributed by atoms with Crippen molar-refractivity contribution in [3.8, 4) is 0 Å². The average molecular weight is 295 g/mol. The minimum absolute atomic E-state index is 0.156. The van der Waals surface area contributed by atoms with Crippen molar-refractivity contribution in [3.63, 3.8) is 0 Å². The van der Waals surface area contributed by atoms with Crippen LogP contribution in [-0.2, 0) is 11.3 Å². The molecule has 1 aromatic heterocycles. The molecule has 0 saturated heterocycles. The van der Waals surface area contributed by atoms with E-state index < -0.39 is 0 Å². The van der Waals surface area contributed by atoms with Gasteiger partial charge >= 0.3 is 0 Å². The molecule has 0 aliphatic rings. The summed E-state index contributed by atoms with van der Waals surface area (Å²) in [7, 11) is 1.80. The minimum atomic E-state index is -0.156. The van der Waals surface area contributed by atoms with Crippen molar-refractivity contribution < 1.29 is 9.32 Å². The van der Waals surface area contributed by atoms with Crippen LogP contribution >= 0.6 is 11.6 Å². The second-order valence-corrected chi connectivity index (χ2v) is 4.84. The van der Waals surface area contributed by atoms with Crippen LogP contribution in [0, 0.1) is 6.92 Å². The second-order valence-electron chi connectivity index (χ2n) is 4.44. The average Bonchev–Trinajstić information content (AvgIpc) is 2.77. The molecule has 0 aliphatic carbocycles. The number of aryl methyl sites for hydroxylation is 1. The van der Waals surface area contributed by atoms with E-state index in [-0.39, 0.29) is 12.5 Å². The van der Waals surface area contributed by atoms with Crippen LogP contribution in [0.3, 0.4) is 0 Å². The van der Waals surface area contributed by atoms with Crippen molar-refractivity contribution >= 4 is 23.2 Å². The normalized spacial score (nSPS) is 10.8. The second kappa shape index (κ2) is 6.49. The number of nitrogens with zero attached hydrogens (tertiary/aromatic N) is 3. The number of aromatic nitrogens is 2. The predicted molar refractivity (Wildman–Crippen MR) is 75.5 cm³/mol. The van der Waals surface area contributed by atoms with E-state index in [2.05, 4.69) is 15.5 Å². The Labute approximate surface area is 121 Å². The number of rotatable bonds is 5. The maximum atomic E-state index is 11.9. The number of hydrogen-bond acceptors (Lipinski definition) is 5. The van der Waals surface area contributed by atoms with Crippen LogP contribution in [0.2, 0.25) is 5.02 Å². The Kier molecular flexibility index (Phi) is 4.70. The number of para-hydroxylation sites is 1. The zero-order valence-electron chi connectivity index (χ0n) is 11.3. The van der Waals surface area contributed by atoms with E-state index in [0.29, 0.717) is 29.0 Å². The molecule has 0 saturated carbocycles. The van der Waals surface area contributed by atoms with Gasteiger partial charge in [0.05, 0.1) is 23.8 Å². The van der Waals surface area contributed by atoms with Crippen molar-refractivity contribution in [3.05, 3.63) is 41.0 Å². The maximum Gasteiger partial charge on any atom is 0.240 e. The van der Waals surface area contributed by atoms with Gasteiger partial charge in [0.15, 0.2) is 5.82 Å². The summed E-state index contributed by atoms with van der Waals surface area (Å²) >= 11 is 5.98. The Balaban J connectivity index is 1.86. The fourth-order valence-corrected chi connectivity index (χ4v) is 1.87. The Morgan fingerprint density at radius 3 is 2.85 bits per heavy atom. The van der Waals surface area contributed by atoms with E-state index in [1.165, 1.54) is 0 Å². The van der Waals surface area contributed by atoms with E-state index in [1.54, 1.807) is 31.0 Å². The van der Waals surface area contributed by atoms with Gasteiger partial charge in [-0.1, -0.05) is 28.9 Å². The lowest BCUT2D eigenvalue weighted by molar-refractivity contribution is -0.117. The van der Waals surface area contributed by atoms with Crippen LogP contribution in [0.4, 0.5) is 5.69 Å². The molecular weight excluding hydrogens is 280 g/mol. The molecule has 1 amide bonds. The molecule has 0 unspecified atom stereocenters. The Morgan fingerprint density at radius 1 is 1.45 bits per heavy atom. The largest absolute Gasteiger partial charge is 0.338 e.